The summed E-state index contributed by atoms with van der Waals surface area (Å²) in [6, 6.07) is 10.3. The molecule has 1 aromatic carbocycles. The lowest BCUT2D eigenvalue weighted by Gasteiger charge is -2.25. The Morgan fingerprint density at radius 3 is 2.50 bits per heavy atom. The zero-order chi connectivity index (χ0) is 15.0. The van der Waals surface area contributed by atoms with Crippen molar-refractivity contribution >= 4 is 5.91 Å². The minimum Gasteiger partial charge on any atom is -0.377 e. The van der Waals surface area contributed by atoms with Crippen LogP contribution >= 0.6 is 0 Å². The van der Waals surface area contributed by atoms with E-state index < -0.39 is 0 Å². The minimum absolute atomic E-state index is 0.0209. The molecule has 112 valence electrons. The first-order chi connectivity index (χ1) is 9.42. The van der Waals surface area contributed by atoms with E-state index in [-0.39, 0.29) is 17.4 Å². The summed E-state index contributed by atoms with van der Waals surface area (Å²) >= 11 is 0. The Balaban J connectivity index is 2.30. The standard InChI is InChI=1S/C17H27NO2/c1-14(2)20-13-12-18-16(19)10-11-17(3,4)15-8-6-5-7-9-15/h5-9,14H,10-13H2,1-4H3,(H,18,19). The molecule has 0 saturated carbocycles. The van der Waals surface area contributed by atoms with Gasteiger partial charge in [-0.05, 0) is 31.2 Å². The van der Waals surface area contributed by atoms with Gasteiger partial charge in [-0.25, -0.2) is 0 Å². The van der Waals surface area contributed by atoms with Gasteiger partial charge in [0.15, 0.2) is 0 Å². The first-order valence-corrected chi connectivity index (χ1v) is 7.35. The van der Waals surface area contributed by atoms with Crippen LogP contribution < -0.4 is 5.32 Å². The molecular formula is C17H27NO2. The molecule has 0 heterocycles. The minimum atomic E-state index is 0.0209. The van der Waals surface area contributed by atoms with Crippen LogP contribution in [0.5, 0.6) is 0 Å². The Labute approximate surface area is 122 Å². The van der Waals surface area contributed by atoms with Gasteiger partial charge in [0.25, 0.3) is 0 Å². The highest BCUT2D eigenvalue weighted by atomic mass is 16.5. The Hall–Kier alpha value is -1.35. The highest BCUT2D eigenvalue weighted by molar-refractivity contribution is 5.75. The second kappa shape index (κ2) is 8.05. The van der Waals surface area contributed by atoms with Crippen molar-refractivity contribution in [1.82, 2.24) is 5.32 Å². The van der Waals surface area contributed by atoms with Gasteiger partial charge in [-0.3, -0.25) is 4.79 Å². The molecule has 0 fully saturated rings. The highest BCUT2D eigenvalue weighted by Crippen LogP contribution is 2.27. The predicted molar refractivity (Wildman–Crippen MR) is 82.8 cm³/mol. The maximum Gasteiger partial charge on any atom is 0.220 e. The van der Waals surface area contributed by atoms with Gasteiger partial charge in [-0.15, -0.1) is 0 Å². The third-order valence-corrected chi connectivity index (χ3v) is 3.41. The number of carbonyl (C=O) groups is 1. The summed E-state index contributed by atoms with van der Waals surface area (Å²) in [6.45, 7) is 9.50. The molecule has 20 heavy (non-hydrogen) atoms. The normalized spacial score (nSPS) is 11.7. The number of ether oxygens (including phenoxy) is 1. The summed E-state index contributed by atoms with van der Waals surface area (Å²) in [5.41, 5.74) is 1.29. The van der Waals surface area contributed by atoms with Gasteiger partial charge in [-0.2, -0.15) is 0 Å². The Morgan fingerprint density at radius 1 is 1.25 bits per heavy atom. The van der Waals surface area contributed by atoms with Crippen LogP contribution in [0.25, 0.3) is 0 Å². The van der Waals surface area contributed by atoms with Gasteiger partial charge in [0.05, 0.1) is 12.7 Å². The van der Waals surface area contributed by atoms with E-state index in [0.29, 0.717) is 19.6 Å². The summed E-state index contributed by atoms with van der Waals surface area (Å²) in [5.74, 6) is 0.0985. The summed E-state index contributed by atoms with van der Waals surface area (Å²) in [4.78, 5) is 11.8. The van der Waals surface area contributed by atoms with Crippen LogP contribution in [0.3, 0.4) is 0 Å². The molecule has 3 nitrogen and oxygen atoms in total. The van der Waals surface area contributed by atoms with E-state index in [0.717, 1.165) is 6.42 Å². The van der Waals surface area contributed by atoms with Crippen molar-refractivity contribution in [2.75, 3.05) is 13.2 Å². The van der Waals surface area contributed by atoms with E-state index in [9.17, 15) is 4.79 Å². The van der Waals surface area contributed by atoms with E-state index in [1.54, 1.807) is 0 Å². The molecule has 0 atom stereocenters. The number of rotatable bonds is 8. The van der Waals surface area contributed by atoms with Crippen LogP contribution in [-0.4, -0.2) is 25.2 Å². The van der Waals surface area contributed by atoms with Crippen molar-refractivity contribution in [1.29, 1.82) is 0 Å². The third kappa shape index (κ3) is 6.20. The Kier molecular flexibility index (Phi) is 6.73. The van der Waals surface area contributed by atoms with Crippen molar-refractivity contribution in [2.24, 2.45) is 0 Å². The SMILES string of the molecule is CC(C)OCCNC(=O)CCC(C)(C)c1ccccc1. The molecule has 0 unspecified atom stereocenters. The van der Waals surface area contributed by atoms with Crippen molar-refractivity contribution in [3.05, 3.63) is 35.9 Å². The molecule has 0 aliphatic carbocycles. The third-order valence-electron chi connectivity index (χ3n) is 3.41. The van der Waals surface area contributed by atoms with Crippen LogP contribution in [0, 0.1) is 0 Å². The molecule has 0 aliphatic heterocycles. The Morgan fingerprint density at radius 2 is 1.90 bits per heavy atom. The summed E-state index contributed by atoms with van der Waals surface area (Å²) in [5, 5.41) is 2.90. The van der Waals surface area contributed by atoms with Crippen LogP contribution in [0.2, 0.25) is 0 Å². The van der Waals surface area contributed by atoms with Crippen LogP contribution in [0.1, 0.15) is 46.1 Å². The van der Waals surface area contributed by atoms with E-state index in [2.05, 4.69) is 31.3 Å². The van der Waals surface area contributed by atoms with Crippen LogP contribution in [-0.2, 0) is 14.9 Å². The lowest BCUT2D eigenvalue weighted by Crippen LogP contribution is -2.29. The molecule has 0 bridgehead atoms. The maximum absolute atomic E-state index is 11.8. The second-order valence-electron chi connectivity index (χ2n) is 6.02. The quantitative estimate of drug-likeness (QED) is 0.741. The average molecular weight is 277 g/mol. The molecule has 1 rings (SSSR count). The van der Waals surface area contributed by atoms with Gasteiger partial charge in [0, 0.05) is 13.0 Å². The number of amides is 1. The van der Waals surface area contributed by atoms with Gasteiger partial charge in [0.1, 0.15) is 0 Å². The van der Waals surface area contributed by atoms with Gasteiger partial charge < -0.3 is 10.1 Å². The zero-order valence-electron chi connectivity index (χ0n) is 13.1. The second-order valence-corrected chi connectivity index (χ2v) is 6.02. The average Bonchev–Trinajstić information content (AvgIpc) is 2.42. The zero-order valence-corrected chi connectivity index (χ0v) is 13.1. The molecule has 0 spiro atoms. The van der Waals surface area contributed by atoms with Crippen LogP contribution in [0.4, 0.5) is 0 Å². The Bertz CT molecular complexity index is 399. The first kappa shape index (κ1) is 16.7. The predicted octanol–water partition coefficient (Wildman–Crippen LogP) is 3.29. The number of nitrogens with one attached hydrogen (secondary N) is 1. The molecule has 0 aromatic heterocycles. The van der Waals surface area contributed by atoms with Crippen LogP contribution in [0.15, 0.2) is 30.3 Å². The summed E-state index contributed by atoms with van der Waals surface area (Å²) in [7, 11) is 0. The molecule has 0 aliphatic rings. The van der Waals surface area contributed by atoms with E-state index in [1.165, 1.54) is 5.56 Å². The molecule has 0 saturated heterocycles. The number of hydrogen-bond donors (Lipinski definition) is 1. The van der Waals surface area contributed by atoms with Gasteiger partial charge in [0.2, 0.25) is 5.91 Å². The molecular weight excluding hydrogens is 250 g/mol. The monoisotopic (exact) mass is 277 g/mol. The van der Waals surface area contributed by atoms with E-state index >= 15 is 0 Å². The van der Waals surface area contributed by atoms with Crippen molar-refractivity contribution in [2.45, 2.75) is 52.1 Å². The van der Waals surface area contributed by atoms with Gasteiger partial charge >= 0.3 is 0 Å². The van der Waals surface area contributed by atoms with Crippen molar-refractivity contribution in [3.63, 3.8) is 0 Å². The fourth-order valence-electron chi connectivity index (χ4n) is 2.03. The van der Waals surface area contributed by atoms with E-state index in [4.69, 9.17) is 4.74 Å². The number of benzene rings is 1. The lowest BCUT2D eigenvalue weighted by atomic mass is 9.80. The highest BCUT2D eigenvalue weighted by Gasteiger charge is 2.21. The fraction of sp³-hybridized carbons (Fsp3) is 0.588. The lowest BCUT2D eigenvalue weighted by molar-refractivity contribution is -0.121. The first-order valence-electron chi connectivity index (χ1n) is 7.35. The molecule has 1 amide bonds. The van der Waals surface area contributed by atoms with Crippen molar-refractivity contribution < 1.29 is 9.53 Å². The molecule has 1 aromatic rings. The van der Waals surface area contributed by atoms with E-state index in [1.807, 2.05) is 32.0 Å². The van der Waals surface area contributed by atoms with Crippen molar-refractivity contribution in [3.8, 4) is 0 Å². The molecule has 1 N–H and O–H groups in total. The fourth-order valence-corrected chi connectivity index (χ4v) is 2.03. The topological polar surface area (TPSA) is 38.3 Å². The molecule has 3 heteroatoms. The summed E-state index contributed by atoms with van der Waals surface area (Å²) in [6.07, 6.45) is 1.60. The number of carbonyl (C=O) groups excluding carboxylic acids is 1. The maximum atomic E-state index is 11.8. The number of hydrogen-bond acceptors (Lipinski definition) is 2. The smallest absolute Gasteiger partial charge is 0.220 e. The molecule has 0 radical (unpaired) electrons. The summed E-state index contributed by atoms with van der Waals surface area (Å²) < 4.78 is 5.39. The van der Waals surface area contributed by atoms with Gasteiger partial charge in [-0.1, -0.05) is 44.2 Å². The largest absolute Gasteiger partial charge is 0.377 e.